The van der Waals surface area contributed by atoms with Gasteiger partial charge in [-0.05, 0) is 37.8 Å². The number of carboxylic acid groups (broad SMARTS) is 1. The fraction of sp³-hybridized carbons (Fsp3) is 0.556. The zero-order valence-electron chi connectivity index (χ0n) is 14.1. The van der Waals surface area contributed by atoms with E-state index in [0.717, 1.165) is 11.3 Å². The topological polar surface area (TPSA) is 76.1 Å². The molecule has 132 valence electrons. The van der Waals surface area contributed by atoms with E-state index >= 15 is 0 Å². The summed E-state index contributed by atoms with van der Waals surface area (Å²) in [6, 6.07) is 7.58. The number of carbonyl (C=O) groups excluding carboxylic acids is 1. The molecule has 0 atom stereocenters. The third-order valence-electron chi connectivity index (χ3n) is 4.14. The molecule has 0 aliphatic carbocycles. The quantitative estimate of drug-likeness (QED) is 0.787. The summed E-state index contributed by atoms with van der Waals surface area (Å²) >= 11 is 0. The van der Waals surface area contributed by atoms with Gasteiger partial charge in [-0.1, -0.05) is 18.2 Å². The predicted molar refractivity (Wildman–Crippen MR) is 89.1 cm³/mol. The molecule has 0 unspecified atom stereocenters. The van der Waals surface area contributed by atoms with Gasteiger partial charge in [-0.15, -0.1) is 0 Å². The van der Waals surface area contributed by atoms with Crippen LogP contribution >= 0.6 is 0 Å². The van der Waals surface area contributed by atoms with Gasteiger partial charge in [0.2, 0.25) is 5.91 Å². The summed E-state index contributed by atoms with van der Waals surface area (Å²) in [7, 11) is 0. The van der Waals surface area contributed by atoms with Crippen molar-refractivity contribution in [2.24, 2.45) is 0 Å². The number of aliphatic carboxylic acids is 1. The Hall–Kier alpha value is -2.08. The van der Waals surface area contributed by atoms with Crippen LogP contribution in [0.3, 0.4) is 0 Å². The minimum Gasteiger partial charge on any atom is -0.494 e. The van der Waals surface area contributed by atoms with Crippen molar-refractivity contribution in [3.8, 4) is 5.75 Å². The van der Waals surface area contributed by atoms with Gasteiger partial charge in [0.15, 0.2) is 0 Å². The van der Waals surface area contributed by atoms with Gasteiger partial charge in [0.05, 0.1) is 6.61 Å². The normalized spacial score (nSPS) is 15.0. The molecule has 0 saturated carbocycles. The third-order valence-corrected chi connectivity index (χ3v) is 4.14. The van der Waals surface area contributed by atoms with E-state index in [0.29, 0.717) is 39.1 Å². The summed E-state index contributed by atoms with van der Waals surface area (Å²) in [6.45, 7) is 3.37. The van der Waals surface area contributed by atoms with Crippen molar-refractivity contribution in [1.29, 1.82) is 0 Å². The first kappa shape index (κ1) is 18.3. The number of carbonyl (C=O) groups is 2. The van der Waals surface area contributed by atoms with Crippen molar-refractivity contribution in [2.75, 3.05) is 26.4 Å². The fourth-order valence-corrected chi connectivity index (χ4v) is 2.96. The maximum Gasteiger partial charge on any atom is 0.323 e. The van der Waals surface area contributed by atoms with Crippen LogP contribution in [0.15, 0.2) is 24.3 Å². The van der Waals surface area contributed by atoms with Crippen LogP contribution in [-0.2, 0) is 20.7 Å². The van der Waals surface area contributed by atoms with Crippen LogP contribution in [0, 0.1) is 0 Å². The van der Waals surface area contributed by atoms with Crippen molar-refractivity contribution < 1.29 is 24.2 Å². The van der Waals surface area contributed by atoms with Gasteiger partial charge >= 0.3 is 5.97 Å². The zero-order valence-corrected chi connectivity index (χ0v) is 14.1. The molecule has 1 amide bonds. The minimum absolute atomic E-state index is 0.0514. The Balaban J connectivity index is 2.00. The number of carboxylic acids is 1. The van der Waals surface area contributed by atoms with E-state index in [1.54, 1.807) is 0 Å². The lowest BCUT2D eigenvalue weighted by molar-refractivity contribution is -0.147. The first-order valence-corrected chi connectivity index (χ1v) is 8.41. The smallest absolute Gasteiger partial charge is 0.323 e. The van der Waals surface area contributed by atoms with E-state index in [1.807, 2.05) is 31.2 Å². The van der Waals surface area contributed by atoms with Crippen LogP contribution in [0.1, 0.15) is 31.7 Å². The van der Waals surface area contributed by atoms with E-state index in [4.69, 9.17) is 14.6 Å². The van der Waals surface area contributed by atoms with Gasteiger partial charge < -0.3 is 19.5 Å². The van der Waals surface area contributed by atoms with Crippen LogP contribution in [0.4, 0.5) is 0 Å². The molecule has 1 aromatic rings. The highest BCUT2D eigenvalue weighted by Gasteiger charge is 2.27. The lowest BCUT2D eigenvalue weighted by Crippen LogP contribution is -2.46. The van der Waals surface area contributed by atoms with Gasteiger partial charge in [-0.3, -0.25) is 9.59 Å². The average Bonchev–Trinajstić information content (AvgIpc) is 2.59. The maximum absolute atomic E-state index is 12.6. The van der Waals surface area contributed by atoms with E-state index in [2.05, 4.69) is 0 Å². The second-order valence-corrected chi connectivity index (χ2v) is 5.80. The maximum atomic E-state index is 12.6. The van der Waals surface area contributed by atoms with Crippen molar-refractivity contribution in [3.05, 3.63) is 29.8 Å². The Labute approximate surface area is 142 Å². The summed E-state index contributed by atoms with van der Waals surface area (Å²) in [5.74, 6) is -0.330. The van der Waals surface area contributed by atoms with Crippen LogP contribution in [0.25, 0.3) is 0 Å². The highest BCUT2D eigenvalue weighted by molar-refractivity contribution is 5.81. The molecule has 0 aromatic heterocycles. The monoisotopic (exact) mass is 335 g/mol. The van der Waals surface area contributed by atoms with E-state index in [-0.39, 0.29) is 24.9 Å². The number of benzene rings is 1. The van der Waals surface area contributed by atoms with Crippen LogP contribution < -0.4 is 4.74 Å². The number of para-hydroxylation sites is 1. The number of aryl methyl sites for hydroxylation is 1. The van der Waals surface area contributed by atoms with Crippen molar-refractivity contribution in [2.45, 2.75) is 38.6 Å². The first-order valence-electron chi connectivity index (χ1n) is 8.41. The van der Waals surface area contributed by atoms with E-state index in [9.17, 15) is 9.59 Å². The molecular weight excluding hydrogens is 310 g/mol. The minimum atomic E-state index is -0.982. The third kappa shape index (κ3) is 5.23. The molecule has 1 aromatic carbocycles. The summed E-state index contributed by atoms with van der Waals surface area (Å²) in [5.41, 5.74) is 0.968. The summed E-state index contributed by atoms with van der Waals surface area (Å²) in [5, 5.41) is 9.12. The Bertz CT molecular complexity index is 554. The average molecular weight is 335 g/mol. The number of rotatable bonds is 8. The molecule has 0 spiro atoms. The first-order chi connectivity index (χ1) is 11.6. The van der Waals surface area contributed by atoms with Crippen molar-refractivity contribution in [3.63, 3.8) is 0 Å². The Morgan fingerprint density at radius 1 is 1.29 bits per heavy atom. The molecule has 1 aliphatic rings. The number of amides is 1. The SMILES string of the molecule is CCOc1ccccc1CCC(=O)N(CC(=O)O)C1CCOCC1. The predicted octanol–water partition coefficient (Wildman–Crippen LogP) is 2.11. The Kier molecular flexibility index (Phi) is 7.06. The van der Waals surface area contributed by atoms with Crippen LogP contribution in [-0.4, -0.2) is 54.3 Å². The molecule has 0 radical (unpaired) electrons. The molecule has 2 rings (SSSR count). The molecule has 1 saturated heterocycles. The van der Waals surface area contributed by atoms with Gasteiger partial charge in [0.25, 0.3) is 0 Å². The largest absolute Gasteiger partial charge is 0.494 e. The summed E-state index contributed by atoms with van der Waals surface area (Å²) < 4.78 is 10.9. The summed E-state index contributed by atoms with van der Waals surface area (Å²) in [6.07, 6.45) is 2.19. The molecule has 6 heteroatoms. The lowest BCUT2D eigenvalue weighted by Gasteiger charge is -2.33. The fourth-order valence-electron chi connectivity index (χ4n) is 2.96. The number of nitrogens with zero attached hydrogens (tertiary/aromatic N) is 1. The molecule has 24 heavy (non-hydrogen) atoms. The summed E-state index contributed by atoms with van der Waals surface area (Å²) in [4.78, 5) is 25.2. The van der Waals surface area contributed by atoms with E-state index in [1.165, 1.54) is 4.90 Å². The Morgan fingerprint density at radius 3 is 2.67 bits per heavy atom. The number of hydrogen-bond acceptors (Lipinski definition) is 4. The second kappa shape index (κ2) is 9.27. The van der Waals surface area contributed by atoms with Gasteiger partial charge in [0.1, 0.15) is 12.3 Å². The second-order valence-electron chi connectivity index (χ2n) is 5.80. The number of hydrogen-bond donors (Lipinski definition) is 1. The standard InChI is InChI=1S/C18H25NO5/c1-2-24-16-6-4-3-5-14(16)7-8-17(20)19(13-18(21)22)15-9-11-23-12-10-15/h3-6,15H,2,7-13H2,1H3,(H,21,22). The molecule has 6 nitrogen and oxygen atoms in total. The van der Waals surface area contributed by atoms with Gasteiger partial charge in [-0.2, -0.15) is 0 Å². The molecule has 1 N–H and O–H groups in total. The Morgan fingerprint density at radius 2 is 2.00 bits per heavy atom. The molecule has 1 aliphatic heterocycles. The molecule has 1 heterocycles. The zero-order chi connectivity index (χ0) is 17.4. The molecule has 1 fully saturated rings. The lowest BCUT2D eigenvalue weighted by atomic mass is 10.0. The van der Waals surface area contributed by atoms with Gasteiger partial charge in [0, 0.05) is 25.7 Å². The van der Waals surface area contributed by atoms with Gasteiger partial charge in [-0.25, -0.2) is 0 Å². The van der Waals surface area contributed by atoms with Crippen molar-refractivity contribution >= 4 is 11.9 Å². The van der Waals surface area contributed by atoms with Crippen molar-refractivity contribution in [1.82, 2.24) is 4.90 Å². The van der Waals surface area contributed by atoms with Crippen LogP contribution in [0.2, 0.25) is 0 Å². The molecular formula is C18H25NO5. The highest BCUT2D eigenvalue weighted by Crippen LogP contribution is 2.21. The van der Waals surface area contributed by atoms with Crippen LogP contribution in [0.5, 0.6) is 5.75 Å². The molecule has 0 bridgehead atoms. The highest BCUT2D eigenvalue weighted by atomic mass is 16.5. The van der Waals surface area contributed by atoms with E-state index < -0.39 is 5.97 Å². The number of ether oxygens (including phenoxy) is 2.